The molecule has 0 unspecified atom stereocenters. The second-order valence-corrected chi connectivity index (χ2v) is 8.64. The third-order valence-electron chi connectivity index (χ3n) is 4.95. The molecule has 1 fully saturated rings. The maximum Gasteiger partial charge on any atom is 0.244 e. The summed E-state index contributed by atoms with van der Waals surface area (Å²) in [6.07, 6.45) is 0. The van der Waals surface area contributed by atoms with E-state index in [1.54, 1.807) is 16.0 Å². The average molecular weight is 457 g/mol. The van der Waals surface area contributed by atoms with Gasteiger partial charge in [0.25, 0.3) is 0 Å². The number of benzene rings is 2. The first-order valence-electron chi connectivity index (χ1n) is 9.04. The number of anilines is 1. The molecule has 2 aromatic heterocycles. The van der Waals surface area contributed by atoms with Crippen molar-refractivity contribution in [3.63, 3.8) is 0 Å². The quantitative estimate of drug-likeness (QED) is 0.473. The Kier molecular flexibility index (Phi) is 4.48. The molecule has 5 rings (SSSR count). The minimum atomic E-state index is 0.0727. The number of para-hydroxylation sites is 1. The molecule has 1 aliphatic heterocycles. The van der Waals surface area contributed by atoms with Crippen molar-refractivity contribution in [2.24, 2.45) is 0 Å². The molecule has 0 saturated carbocycles. The lowest BCUT2D eigenvalue weighted by atomic mass is 10.3. The van der Waals surface area contributed by atoms with Gasteiger partial charge in [-0.05, 0) is 30.3 Å². The third-order valence-corrected chi connectivity index (χ3v) is 6.52. The van der Waals surface area contributed by atoms with Crippen LogP contribution in [0.25, 0.3) is 21.3 Å². The molecule has 9 heteroatoms. The van der Waals surface area contributed by atoms with Gasteiger partial charge in [-0.15, -0.1) is 5.10 Å². The van der Waals surface area contributed by atoms with Crippen LogP contribution in [0.5, 0.6) is 0 Å². The number of rotatable bonds is 3. The number of hydrogen-bond donors (Lipinski definition) is 0. The predicted molar refractivity (Wildman–Crippen MR) is 114 cm³/mol. The van der Waals surface area contributed by atoms with E-state index in [1.807, 2.05) is 41.3 Å². The molecule has 2 aromatic carbocycles. The summed E-state index contributed by atoms with van der Waals surface area (Å²) < 4.78 is 3.90. The van der Waals surface area contributed by atoms with E-state index in [1.165, 1.54) is 4.70 Å². The molecule has 0 bridgehead atoms. The average Bonchev–Trinajstić information content (AvgIpc) is 3.32. The molecule has 142 valence electrons. The second kappa shape index (κ2) is 7.14. The Bertz CT molecular complexity index is 1160. The van der Waals surface area contributed by atoms with Crippen molar-refractivity contribution in [2.75, 3.05) is 31.1 Å². The Morgan fingerprint density at radius 2 is 1.89 bits per heavy atom. The summed E-state index contributed by atoms with van der Waals surface area (Å²) in [6, 6.07) is 13.8. The van der Waals surface area contributed by atoms with E-state index < -0.39 is 0 Å². The molecule has 3 heterocycles. The number of hydrogen-bond acceptors (Lipinski definition) is 6. The van der Waals surface area contributed by atoms with Crippen LogP contribution in [-0.4, -0.2) is 57.0 Å². The Morgan fingerprint density at radius 1 is 1.07 bits per heavy atom. The molecule has 0 spiro atoms. The van der Waals surface area contributed by atoms with Gasteiger partial charge in [0.15, 0.2) is 5.13 Å². The number of thiazole rings is 1. The number of amides is 1. The van der Waals surface area contributed by atoms with Gasteiger partial charge in [0.1, 0.15) is 12.1 Å². The minimum absolute atomic E-state index is 0.0727. The van der Waals surface area contributed by atoms with Gasteiger partial charge in [0, 0.05) is 30.7 Å². The van der Waals surface area contributed by atoms with E-state index in [0.717, 1.165) is 39.2 Å². The first-order chi connectivity index (χ1) is 13.7. The lowest BCUT2D eigenvalue weighted by Gasteiger charge is -2.34. The largest absolute Gasteiger partial charge is 0.345 e. The van der Waals surface area contributed by atoms with Crippen molar-refractivity contribution in [1.29, 1.82) is 0 Å². The first kappa shape index (κ1) is 17.6. The number of nitrogens with zero attached hydrogens (tertiary/aromatic N) is 6. The molecule has 4 aromatic rings. The molecule has 0 N–H and O–H groups in total. The lowest BCUT2D eigenvalue weighted by molar-refractivity contribution is -0.132. The summed E-state index contributed by atoms with van der Waals surface area (Å²) in [5.41, 5.74) is 2.71. The molecule has 28 heavy (non-hydrogen) atoms. The molecule has 1 aliphatic rings. The highest BCUT2D eigenvalue weighted by molar-refractivity contribution is 9.10. The fraction of sp³-hybridized carbons (Fsp3) is 0.263. The summed E-state index contributed by atoms with van der Waals surface area (Å²) >= 11 is 5.20. The van der Waals surface area contributed by atoms with Crippen molar-refractivity contribution in [3.8, 4) is 0 Å². The molecule has 0 radical (unpaired) electrons. The molecular formula is C19H17BrN6OS. The van der Waals surface area contributed by atoms with Crippen molar-refractivity contribution in [3.05, 3.63) is 46.9 Å². The van der Waals surface area contributed by atoms with Crippen molar-refractivity contribution >= 4 is 59.6 Å². The summed E-state index contributed by atoms with van der Waals surface area (Å²) in [6.45, 7) is 3.15. The highest BCUT2D eigenvalue weighted by Crippen LogP contribution is 2.31. The van der Waals surface area contributed by atoms with Crippen LogP contribution in [0.1, 0.15) is 0 Å². The third kappa shape index (κ3) is 3.24. The molecule has 0 atom stereocenters. The van der Waals surface area contributed by atoms with Crippen LogP contribution in [0.2, 0.25) is 0 Å². The Hall–Kier alpha value is -2.52. The fourth-order valence-electron chi connectivity index (χ4n) is 3.43. The van der Waals surface area contributed by atoms with Crippen LogP contribution in [-0.2, 0) is 11.3 Å². The lowest BCUT2D eigenvalue weighted by Crippen LogP contribution is -2.49. The van der Waals surface area contributed by atoms with Gasteiger partial charge in [0.2, 0.25) is 5.91 Å². The van der Waals surface area contributed by atoms with Gasteiger partial charge in [-0.25, -0.2) is 9.67 Å². The van der Waals surface area contributed by atoms with Gasteiger partial charge in [-0.2, -0.15) is 0 Å². The van der Waals surface area contributed by atoms with Crippen LogP contribution in [0, 0.1) is 0 Å². The minimum Gasteiger partial charge on any atom is -0.345 e. The number of carbonyl (C=O) groups excluding carboxylic acids is 1. The fourth-order valence-corrected chi connectivity index (χ4v) is 5.00. The van der Waals surface area contributed by atoms with Crippen molar-refractivity contribution in [1.82, 2.24) is 24.9 Å². The standard InChI is InChI=1S/C19H17BrN6OS/c20-13-5-6-15-17(11-13)28-19(21-15)25-9-7-24(8-10-25)18(27)12-26-16-4-2-1-3-14(16)22-23-26/h1-6,11H,7-10,12H2. The van der Waals surface area contributed by atoms with Gasteiger partial charge in [-0.3, -0.25) is 4.79 Å². The van der Waals surface area contributed by atoms with E-state index in [4.69, 9.17) is 4.98 Å². The van der Waals surface area contributed by atoms with Gasteiger partial charge >= 0.3 is 0 Å². The monoisotopic (exact) mass is 456 g/mol. The Balaban J connectivity index is 1.25. The maximum absolute atomic E-state index is 12.7. The highest BCUT2D eigenvalue weighted by Gasteiger charge is 2.24. The zero-order chi connectivity index (χ0) is 19.1. The van der Waals surface area contributed by atoms with Crippen LogP contribution >= 0.6 is 27.3 Å². The second-order valence-electron chi connectivity index (χ2n) is 6.71. The smallest absolute Gasteiger partial charge is 0.244 e. The normalized spacial score (nSPS) is 14.9. The van der Waals surface area contributed by atoms with Crippen LogP contribution < -0.4 is 4.90 Å². The Labute approximate surface area is 173 Å². The zero-order valence-corrected chi connectivity index (χ0v) is 17.4. The molecule has 1 amide bonds. The topological polar surface area (TPSA) is 67.2 Å². The predicted octanol–water partition coefficient (Wildman–Crippen LogP) is 3.15. The first-order valence-corrected chi connectivity index (χ1v) is 10.7. The summed E-state index contributed by atoms with van der Waals surface area (Å²) in [5, 5.41) is 9.26. The van der Waals surface area contributed by atoms with Crippen LogP contribution in [0.15, 0.2) is 46.9 Å². The maximum atomic E-state index is 12.7. The number of halogens is 1. The number of fused-ring (bicyclic) bond motifs is 2. The summed E-state index contributed by atoms with van der Waals surface area (Å²) in [7, 11) is 0. The van der Waals surface area contributed by atoms with E-state index in [9.17, 15) is 4.79 Å². The zero-order valence-electron chi connectivity index (χ0n) is 15.0. The van der Waals surface area contributed by atoms with E-state index in [-0.39, 0.29) is 12.5 Å². The SMILES string of the molecule is O=C(Cn1nnc2ccccc21)N1CCN(c2nc3ccc(Br)cc3s2)CC1. The summed E-state index contributed by atoms with van der Waals surface area (Å²) in [5.74, 6) is 0.0727. The molecule has 0 aliphatic carbocycles. The highest BCUT2D eigenvalue weighted by atomic mass is 79.9. The molecule has 1 saturated heterocycles. The number of carbonyl (C=O) groups is 1. The molecule has 7 nitrogen and oxygen atoms in total. The molecular weight excluding hydrogens is 440 g/mol. The number of aromatic nitrogens is 4. The van der Waals surface area contributed by atoms with E-state index >= 15 is 0 Å². The van der Waals surface area contributed by atoms with Crippen molar-refractivity contribution in [2.45, 2.75) is 6.54 Å². The van der Waals surface area contributed by atoms with E-state index in [0.29, 0.717) is 13.1 Å². The van der Waals surface area contributed by atoms with Gasteiger partial charge in [-0.1, -0.05) is 44.6 Å². The van der Waals surface area contributed by atoms with E-state index in [2.05, 4.69) is 37.2 Å². The number of piperazine rings is 1. The summed E-state index contributed by atoms with van der Waals surface area (Å²) in [4.78, 5) is 21.6. The van der Waals surface area contributed by atoms with Crippen LogP contribution in [0.4, 0.5) is 5.13 Å². The van der Waals surface area contributed by atoms with Gasteiger partial charge < -0.3 is 9.80 Å². The van der Waals surface area contributed by atoms with Gasteiger partial charge in [0.05, 0.1) is 15.7 Å². The van der Waals surface area contributed by atoms with Crippen molar-refractivity contribution < 1.29 is 4.79 Å². The Morgan fingerprint density at radius 3 is 2.75 bits per heavy atom. The van der Waals surface area contributed by atoms with Crippen LogP contribution in [0.3, 0.4) is 0 Å².